The van der Waals surface area contributed by atoms with E-state index in [2.05, 4.69) is 212 Å². The summed E-state index contributed by atoms with van der Waals surface area (Å²) in [4.78, 5) is 2.61. The molecule has 0 N–H and O–H groups in total. The van der Waals surface area contributed by atoms with Crippen LogP contribution in [0.3, 0.4) is 0 Å². The molecule has 422 valence electrons. The van der Waals surface area contributed by atoms with Crippen LogP contribution in [0, 0.1) is 43.4 Å². The third kappa shape index (κ3) is 74.6. The number of rotatable bonds is 20. The summed E-state index contributed by atoms with van der Waals surface area (Å²) in [5, 5.41) is 0. The molecule has 0 bridgehead atoms. The van der Waals surface area contributed by atoms with E-state index in [1.165, 1.54) is 132 Å². The molecule has 0 saturated heterocycles. The second-order valence-electron chi connectivity index (χ2n) is 17.7. The molecule has 1 nitrogen and oxygen atoms in total. The minimum absolute atomic E-state index is 0.731. The highest BCUT2D eigenvalue weighted by molar-refractivity contribution is 5.30. The van der Waals surface area contributed by atoms with Gasteiger partial charge in [-0.2, -0.15) is 0 Å². The Kier molecular flexibility index (Phi) is 108. The minimum Gasteiger partial charge on any atom is -0.303 e. The normalized spacial score (nSPS) is 13.0. The third-order valence-electron chi connectivity index (χ3n) is 11.3. The smallest absolute Gasteiger partial charge is 0.000953 e. The summed E-state index contributed by atoms with van der Waals surface area (Å²) in [5.74, 6) is 3.99. The first-order valence-electron chi connectivity index (χ1n) is 30.1. The topological polar surface area (TPSA) is 3.24 Å². The fourth-order valence-electron chi connectivity index (χ4n) is 6.30. The van der Waals surface area contributed by atoms with E-state index in [1.54, 1.807) is 5.57 Å². The minimum atomic E-state index is 0.731. The van der Waals surface area contributed by atoms with Gasteiger partial charge >= 0.3 is 0 Å². The van der Waals surface area contributed by atoms with Crippen molar-refractivity contribution in [1.29, 1.82) is 0 Å². The van der Waals surface area contributed by atoms with Crippen LogP contribution in [0.1, 0.15) is 287 Å². The van der Waals surface area contributed by atoms with Crippen molar-refractivity contribution in [3.8, 4) is 0 Å². The predicted octanol–water partition coefficient (Wildman–Crippen LogP) is 25.0. The van der Waals surface area contributed by atoms with E-state index in [0.717, 1.165) is 36.0 Å². The Bertz CT molecular complexity index is 1140. The molecule has 1 aromatic carbocycles. The Morgan fingerprint density at radius 3 is 1.50 bits per heavy atom. The zero-order valence-electron chi connectivity index (χ0n) is 54.5. The first-order chi connectivity index (χ1) is 33.6. The first kappa shape index (κ1) is 90.4. The van der Waals surface area contributed by atoms with Gasteiger partial charge in [-0.1, -0.05) is 295 Å². The van der Waals surface area contributed by atoms with Crippen LogP contribution >= 0.6 is 0 Å². The van der Waals surface area contributed by atoms with Gasteiger partial charge in [0.25, 0.3) is 0 Å². The van der Waals surface area contributed by atoms with Crippen LogP contribution in [0.25, 0.3) is 0 Å². The predicted molar refractivity (Wildman–Crippen MR) is 342 cm³/mol. The molecule has 0 fully saturated rings. The highest BCUT2D eigenvalue weighted by Crippen LogP contribution is 2.24. The van der Waals surface area contributed by atoms with E-state index in [-0.39, 0.29) is 0 Å². The number of unbranched alkanes of at least 4 members (excludes halogenated alkanes) is 2. The highest BCUT2D eigenvalue weighted by atomic mass is 15.1. The van der Waals surface area contributed by atoms with E-state index in [0.29, 0.717) is 0 Å². The maximum atomic E-state index is 3.62. The lowest BCUT2D eigenvalue weighted by Crippen LogP contribution is -2.30. The Labute approximate surface area is 450 Å². The molecule has 70 heavy (non-hydrogen) atoms. The molecule has 0 saturated carbocycles. The highest BCUT2D eigenvalue weighted by Gasteiger charge is 2.12. The number of allylic oxidation sites excluding steroid dienone is 9. The van der Waals surface area contributed by atoms with Gasteiger partial charge in [-0.25, -0.2) is 0 Å². The molecule has 0 spiro atoms. The van der Waals surface area contributed by atoms with E-state index in [1.807, 2.05) is 67.5 Å². The summed E-state index contributed by atoms with van der Waals surface area (Å²) in [6.45, 7) is 73.9. The summed E-state index contributed by atoms with van der Waals surface area (Å²) in [6, 6.07) is 6.61. The molecule has 3 atom stereocenters. The summed E-state index contributed by atoms with van der Waals surface area (Å²) in [7, 11) is 0. The van der Waals surface area contributed by atoms with Crippen LogP contribution in [0.15, 0.2) is 91.6 Å². The standard InChI is InChI=1S/C13H29N.C10H14.C10H18.C10H20.C9H14.C4H10.C3H8.4C2H6.C2H4/c1-5-9-13(10-6-2)12-14(8-4)11-7-3;1-4-10-7-8(2)5-6-9(10)3;1-5-6-7-8-10(4)9(2)3;1-4-7-9-10(6-3)8-5-2;1-7-5-4-6-8(2)9(7)3;1-3-4-2;1-3-2;5*1-2/h13H,5-12H2,1-4H3;5-7H,4H2,1-3H3;5-7,9-10H,1,8H2,2-4H3;6H,4-5,7-9H2,1-3H3;4-7,9H,1-3H3;3-4H2,1-2H3;3H2,1-2H3;4*1-2H3;1-2H2/b;;7-6-;10-6-;;;;;;;;/t;;10-;;7-,9?;;;;;;;/m..1.0......./s1. The number of aryl methyl sites for hydroxylation is 3. The van der Waals surface area contributed by atoms with Crippen LogP contribution < -0.4 is 0 Å². The summed E-state index contributed by atoms with van der Waals surface area (Å²) >= 11 is 0. The SMILES string of the molecule is C/C=C(/CCC)CCCC.C=C.C=C/C=C\C[C@@H](C)C(C)C.CC.CC.CC.CC.CC1=CC=C[C@H](C)C1C.CCC.CCCC.CCCC(CCC)CN(CC)CCC.CCc1cc(C)ccc1C. The molecule has 0 aliphatic heterocycles. The van der Waals surface area contributed by atoms with Gasteiger partial charge in [0, 0.05) is 6.54 Å². The Balaban J connectivity index is -0.0000000746. The van der Waals surface area contributed by atoms with Crippen molar-refractivity contribution in [3.63, 3.8) is 0 Å². The fourth-order valence-corrected chi connectivity index (χ4v) is 6.30. The molecular formula is C69H141N. The van der Waals surface area contributed by atoms with Crippen molar-refractivity contribution >= 4 is 0 Å². The van der Waals surface area contributed by atoms with Crippen molar-refractivity contribution in [2.24, 2.45) is 29.6 Å². The van der Waals surface area contributed by atoms with Crippen molar-refractivity contribution in [2.45, 2.75) is 290 Å². The molecule has 1 unspecified atom stereocenters. The van der Waals surface area contributed by atoms with Gasteiger partial charge in [-0.05, 0) is 133 Å². The van der Waals surface area contributed by atoms with Crippen LogP contribution in [0.2, 0.25) is 0 Å². The lowest BCUT2D eigenvalue weighted by molar-refractivity contribution is 0.226. The van der Waals surface area contributed by atoms with Gasteiger partial charge in [-0.3, -0.25) is 0 Å². The van der Waals surface area contributed by atoms with Crippen molar-refractivity contribution in [1.82, 2.24) is 4.90 Å². The van der Waals surface area contributed by atoms with E-state index in [4.69, 9.17) is 0 Å². The lowest BCUT2D eigenvalue weighted by atomic mass is 9.86. The molecular weight excluding hydrogens is 843 g/mol. The van der Waals surface area contributed by atoms with Crippen molar-refractivity contribution in [3.05, 3.63) is 108 Å². The average Bonchev–Trinajstić information content (AvgIpc) is 3.39. The molecule has 0 heterocycles. The zero-order valence-corrected chi connectivity index (χ0v) is 54.5. The van der Waals surface area contributed by atoms with Crippen molar-refractivity contribution < 1.29 is 0 Å². The molecule has 0 aromatic heterocycles. The molecule has 1 aromatic rings. The number of hydrogen-bond acceptors (Lipinski definition) is 1. The lowest BCUT2D eigenvalue weighted by Gasteiger charge is -2.25. The molecule has 2 rings (SSSR count). The fraction of sp³-hybridized carbons (Fsp3) is 0.739. The Morgan fingerprint density at radius 2 is 1.19 bits per heavy atom. The van der Waals surface area contributed by atoms with Crippen LogP contribution in [0.4, 0.5) is 0 Å². The van der Waals surface area contributed by atoms with Gasteiger partial charge in [0.1, 0.15) is 0 Å². The zero-order chi connectivity index (χ0) is 57.1. The number of benzene rings is 1. The van der Waals surface area contributed by atoms with Crippen LogP contribution in [-0.4, -0.2) is 24.5 Å². The third-order valence-corrected chi connectivity index (χ3v) is 11.3. The van der Waals surface area contributed by atoms with Gasteiger partial charge in [0.15, 0.2) is 0 Å². The largest absolute Gasteiger partial charge is 0.303 e. The summed E-state index contributed by atoms with van der Waals surface area (Å²) in [5.41, 5.74) is 7.39. The number of nitrogens with zero attached hydrogens (tertiary/aromatic N) is 1. The second kappa shape index (κ2) is 83.5. The molecule has 1 heteroatoms. The van der Waals surface area contributed by atoms with E-state index >= 15 is 0 Å². The van der Waals surface area contributed by atoms with E-state index < -0.39 is 0 Å². The summed E-state index contributed by atoms with van der Waals surface area (Å²) in [6.07, 6.45) is 34.5. The van der Waals surface area contributed by atoms with Gasteiger partial charge in [-0.15, -0.1) is 13.2 Å². The monoisotopic (exact) mass is 984 g/mol. The number of hydrogen-bond donors (Lipinski definition) is 0. The Hall–Kier alpha value is -2.38. The van der Waals surface area contributed by atoms with E-state index in [9.17, 15) is 0 Å². The quantitative estimate of drug-likeness (QED) is 0.0930. The molecule has 1 aliphatic carbocycles. The maximum absolute atomic E-state index is 3.62. The first-order valence-corrected chi connectivity index (χ1v) is 30.1. The second-order valence-corrected chi connectivity index (χ2v) is 17.7. The molecule has 1 aliphatic rings. The van der Waals surface area contributed by atoms with Gasteiger partial charge in [0.2, 0.25) is 0 Å². The summed E-state index contributed by atoms with van der Waals surface area (Å²) < 4.78 is 0. The van der Waals surface area contributed by atoms with Gasteiger partial charge in [0.05, 0.1) is 0 Å². The Morgan fingerprint density at radius 1 is 0.686 bits per heavy atom. The molecule has 0 radical (unpaired) electrons. The van der Waals surface area contributed by atoms with Crippen LogP contribution in [-0.2, 0) is 6.42 Å². The van der Waals surface area contributed by atoms with Gasteiger partial charge < -0.3 is 4.90 Å². The molecule has 0 amide bonds. The maximum Gasteiger partial charge on any atom is 0.000953 e. The van der Waals surface area contributed by atoms with Crippen molar-refractivity contribution in [2.75, 3.05) is 19.6 Å². The average molecular weight is 985 g/mol. The van der Waals surface area contributed by atoms with Crippen LogP contribution in [0.5, 0.6) is 0 Å².